The molecule has 0 aliphatic carbocycles. The summed E-state index contributed by atoms with van der Waals surface area (Å²) < 4.78 is 5.62. The maximum atomic E-state index is 10.7. The van der Waals surface area contributed by atoms with Gasteiger partial charge < -0.3 is 15.8 Å². The Labute approximate surface area is 118 Å². The van der Waals surface area contributed by atoms with Crippen LogP contribution in [0, 0.1) is 0 Å². The van der Waals surface area contributed by atoms with Crippen molar-refractivity contribution in [1.29, 1.82) is 0 Å². The Morgan fingerprint density at radius 2 is 2.11 bits per heavy atom. The van der Waals surface area contributed by atoms with Gasteiger partial charge in [0.15, 0.2) is 0 Å². The largest absolute Gasteiger partial charge is 0.491 e. The first kappa shape index (κ1) is 14.1. The molecule has 0 saturated carbocycles. The molecule has 4 nitrogen and oxygen atoms in total. The van der Waals surface area contributed by atoms with Crippen molar-refractivity contribution in [2.45, 2.75) is 25.3 Å². The lowest BCUT2D eigenvalue weighted by Crippen LogP contribution is -2.24. The number of amides is 1. The molecule has 1 fully saturated rings. The molecular formula is C14H20N2O2S. The zero-order valence-corrected chi connectivity index (χ0v) is 11.7. The fourth-order valence-corrected chi connectivity index (χ4v) is 3.14. The average molecular weight is 280 g/mol. The van der Waals surface area contributed by atoms with Crippen molar-refractivity contribution in [2.24, 2.45) is 5.73 Å². The lowest BCUT2D eigenvalue weighted by molar-refractivity contribution is -0.118. The lowest BCUT2D eigenvalue weighted by Gasteiger charge is -2.24. The van der Waals surface area contributed by atoms with Crippen LogP contribution in [0.3, 0.4) is 0 Å². The van der Waals surface area contributed by atoms with Crippen LogP contribution >= 0.6 is 11.8 Å². The van der Waals surface area contributed by atoms with E-state index >= 15 is 0 Å². The van der Waals surface area contributed by atoms with E-state index in [2.05, 4.69) is 5.32 Å². The van der Waals surface area contributed by atoms with Crippen LogP contribution in [0.4, 0.5) is 5.69 Å². The first-order chi connectivity index (χ1) is 9.25. The molecule has 19 heavy (non-hydrogen) atoms. The van der Waals surface area contributed by atoms with Crippen molar-refractivity contribution in [3.63, 3.8) is 0 Å². The van der Waals surface area contributed by atoms with Gasteiger partial charge in [0.25, 0.3) is 0 Å². The monoisotopic (exact) mass is 280 g/mol. The number of ether oxygens (including phenoxy) is 1. The zero-order chi connectivity index (χ0) is 13.5. The van der Waals surface area contributed by atoms with Crippen molar-refractivity contribution in [1.82, 2.24) is 0 Å². The molecule has 2 rings (SSSR count). The van der Waals surface area contributed by atoms with Crippen molar-refractivity contribution in [3.8, 4) is 5.75 Å². The molecule has 1 aromatic carbocycles. The molecule has 0 atom stereocenters. The number of rotatable bonds is 6. The third-order valence-corrected chi connectivity index (χ3v) is 4.12. The van der Waals surface area contributed by atoms with Crippen LogP contribution in [0.1, 0.15) is 19.3 Å². The first-order valence-electron chi connectivity index (χ1n) is 6.60. The van der Waals surface area contributed by atoms with E-state index < -0.39 is 0 Å². The van der Waals surface area contributed by atoms with Gasteiger partial charge in [0.1, 0.15) is 5.75 Å². The molecule has 5 heteroatoms. The summed E-state index contributed by atoms with van der Waals surface area (Å²) >= 11 is 2.01. The Morgan fingerprint density at radius 3 is 2.84 bits per heavy atom. The van der Waals surface area contributed by atoms with Crippen molar-refractivity contribution in [2.75, 3.05) is 23.4 Å². The predicted octanol–water partition coefficient (Wildman–Crippen LogP) is 2.25. The highest BCUT2D eigenvalue weighted by atomic mass is 32.2. The normalized spacial score (nSPS) is 16.0. The van der Waals surface area contributed by atoms with Gasteiger partial charge in [-0.2, -0.15) is 11.8 Å². The second-order valence-electron chi connectivity index (χ2n) is 4.59. The molecule has 1 amide bonds. The molecule has 1 heterocycles. The molecule has 1 saturated heterocycles. The number of benzene rings is 1. The fraction of sp³-hybridized carbons (Fsp3) is 0.500. The van der Waals surface area contributed by atoms with Crippen LogP contribution in [0.5, 0.6) is 5.75 Å². The van der Waals surface area contributed by atoms with Gasteiger partial charge in [0.2, 0.25) is 5.91 Å². The summed E-state index contributed by atoms with van der Waals surface area (Å²) in [5, 5.41) is 3.53. The SMILES string of the molecule is NC(=O)CCOc1ccccc1NC1CCSCC1. The Hall–Kier alpha value is -1.36. The van der Waals surface area contributed by atoms with Gasteiger partial charge >= 0.3 is 0 Å². The van der Waals surface area contributed by atoms with E-state index in [0.29, 0.717) is 12.6 Å². The van der Waals surface area contributed by atoms with Crippen molar-refractivity contribution in [3.05, 3.63) is 24.3 Å². The minimum absolute atomic E-state index is 0.244. The van der Waals surface area contributed by atoms with Gasteiger partial charge in [-0.1, -0.05) is 12.1 Å². The number of para-hydroxylation sites is 2. The summed E-state index contributed by atoms with van der Waals surface area (Å²) in [5.41, 5.74) is 6.11. The van der Waals surface area contributed by atoms with Gasteiger partial charge in [0.05, 0.1) is 18.7 Å². The molecule has 0 unspecified atom stereocenters. The van der Waals surface area contributed by atoms with Crippen LogP contribution in [-0.2, 0) is 4.79 Å². The summed E-state index contributed by atoms with van der Waals surface area (Å²) in [6.07, 6.45) is 2.61. The summed E-state index contributed by atoms with van der Waals surface area (Å²) in [7, 11) is 0. The second kappa shape index (κ2) is 7.28. The maximum absolute atomic E-state index is 10.7. The molecule has 0 aromatic heterocycles. The van der Waals surface area contributed by atoms with Gasteiger partial charge in [-0.05, 0) is 36.5 Å². The smallest absolute Gasteiger partial charge is 0.220 e. The molecular weight excluding hydrogens is 260 g/mol. The Bertz CT molecular complexity index is 420. The number of carbonyl (C=O) groups is 1. The molecule has 0 radical (unpaired) electrons. The van der Waals surface area contributed by atoms with E-state index in [1.807, 2.05) is 36.0 Å². The van der Waals surface area contributed by atoms with Gasteiger partial charge in [-0.25, -0.2) is 0 Å². The average Bonchev–Trinajstić information content (AvgIpc) is 2.41. The molecule has 0 spiro atoms. The predicted molar refractivity (Wildman–Crippen MR) is 79.7 cm³/mol. The van der Waals surface area contributed by atoms with Gasteiger partial charge in [0, 0.05) is 6.04 Å². The first-order valence-corrected chi connectivity index (χ1v) is 7.75. The van der Waals surface area contributed by atoms with Crippen molar-refractivity contribution < 1.29 is 9.53 Å². The molecule has 1 aliphatic rings. The van der Waals surface area contributed by atoms with Crippen LogP contribution in [0.2, 0.25) is 0 Å². The highest BCUT2D eigenvalue weighted by molar-refractivity contribution is 7.99. The van der Waals surface area contributed by atoms with Gasteiger partial charge in [-0.15, -0.1) is 0 Å². The van der Waals surface area contributed by atoms with E-state index in [1.54, 1.807) is 0 Å². The van der Waals surface area contributed by atoms with E-state index in [-0.39, 0.29) is 12.3 Å². The molecule has 0 bridgehead atoms. The highest BCUT2D eigenvalue weighted by Gasteiger charge is 2.15. The Kier molecular flexibility index (Phi) is 5.39. The third kappa shape index (κ3) is 4.67. The Balaban J connectivity index is 1.93. The number of hydrogen-bond acceptors (Lipinski definition) is 4. The number of anilines is 1. The zero-order valence-electron chi connectivity index (χ0n) is 10.9. The molecule has 104 valence electrons. The standard InChI is InChI=1S/C14H20N2O2S/c15-14(17)5-8-18-13-4-2-1-3-12(13)16-11-6-9-19-10-7-11/h1-4,11,16H,5-10H2,(H2,15,17). The summed E-state index contributed by atoms with van der Waals surface area (Å²) in [4.78, 5) is 10.7. The quantitative estimate of drug-likeness (QED) is 0.839. The topological polar surface area (TPSA) is 64.4 Å². The number of hydrogen-bond donors (Lipinski definition) is 2. The van der Waals surface area contributed by atoms with Crippen LogP contribution in [-0.4, -0.2) is 30.1 Å². The number of thioether (sulfide) groups is 1. The fourth-order valence-electron chi connectivity index (χ4n) is 2.04. The number of carbonyl (C=O) groups excluding carboxylic acids is 1. The van der Waals surface area contributed by atoms with E-state index in [4.69, 9.17) is 10.5 Å². The van der Waals surface area contributed by atoms with Crippen LogP contribution < -0.4 is 15.8 Å². The lowest BCUT2D eigenvalue weighted by atomic mass is 10.1. The summed E-state index contributed by atoms with van der Waals surface area (Å²) in [6.45, 7) is 0.328. The van der Waals surface area contributed by atoms with Crippen LogP contribution in [0.25, 0.3) is 0 Å². The minimum atomic E-state index is -0.338. The summed E-state index contributed by atoms with van der Waals surface area (Å²) in [6, 6.07) is 8.37. The maximum Gasteiger partial charge on any atom is 0.220 e. The third-order valence-electron chi connectivity index (χ3n) is 3.07. The van der Waals surface area contributed by atoms with Gasteiger partial charge in [-0.3, -0.25) is 4.79 Å². The highest BCUT2D eigenvalue weighted by Crippen LogP contribution is 2.27. The van der Waals surface area contributed by atoms with E-state index in [0.717, 1.165) is 11.4 Å². The number of nitrogens with two attached hydrogens (primary N) is 1. The van der Waals surface area contributed by atoms with E-state index in [9.17, 15) is 4.79 Å². The van der Waals surface area contributed by atoms with Crippen LogP contribution in [0.15, 0.2) is 24.3 Å². The molecule has 1 aliphatic heterocycles. The molecule has 3 N–H and O–H groups in total. The number of primary amides is 1. The van der Waals surface area contributed by atoms with E-state index in [1.165, 1.54) is 24.3 Å². The Morgan fingerprint density at radius 1 is 1.37 bits per heavy atom. The number of nitrogens with one attached hydrogen (secondary N) is 1. The van der Waals surface area contributed by atoms with Crippen molar-refractivity contribution >= 4 is 23.4 Å². The minimum Gasteiger partial charge on any atom is -0.491 e. The molecule has 1 aromatic rings. The summed E-state index contributed by atoms with van der Waals surface area (Å²) in [5.74, 6) is 2.88. The second-order valence-corrected chi connectivity index (χ2v) is 5.82.